The van der Waals surface area contributed by atoms with E-state index in [0.29, 0.717) is 29.2 Å². The fourth-order valence-corrected chi connectivity index (χ4v) is 2.74. The van der Waals surface area contributed by atoms with Gasteiger partial charge in [-0.3, -0.25) is 4.79 Å². The smallest absolute Gasteiger partial charge is 0.375 e. The quantitative estimate of drug-likeness (QED) is 0.596. The van der Waals surface area contributed by atoms with Gasteiger partial charge in [-0.15, -0.1) is 0 Å². The SMILES string of the molecule is CCOCc1c(C(=O)OCC(=O)Nc2ccccc2OC)oc2ccccc12. The summed E-state index contributed by atoms with van der Waals surface area (Å²) in [5.41, 5.74) is 1.65. The third-order valence-corrected chi connectivity index (χ3v) is 4.05. The molecule has 1 heterocycles. The van der Waals surface area contributed by atoms with Crippen molar-refractivity contribution in [3.05, 3.63) is 59.9 Å². The Labute approximate surface area is 162 Å². The maximum absolute atomic E-state index is 12.5. The zero-order valence-electron chi connectivity index (χ0n) is 15.7. The van der Waals surface area contributed by atoms with Crippen LogP contribution >= 0.6 is 0 Å². The highest BCUT2D eigenvalue weighted by atomic mass is 16.5. The number of methoxy groups -OCH3 is 1. The van der Waals surface area contributed by atoms with E-state index >= 15 is 0 Å². The standard InChI is InChI=1S/C21H21NO6/c1-3-26-12-15-14-8-4-6-10-17(14)28-20(15)21(24)27-13-19(23)22-16-9-5-7-11-18(16)25-2/h4-11H,3,12-13H2,1-2H3,(H,22,23). The molecule has 1 N–H and O–H groups in total. The minimum Gasteiger partial charge on any atom is -0.495 e. The Hall–Kier alpha value is -3.32. The van der Waals surface area contributed by atoms with Gasteiger partial charge in [0.2, 0.25) is 5.76 Å². The normalized spacial score (nSPS) is 10.6. The lowest BCUT2D eigenvalue weighted by Crippen LogP contribution is -2.21. The summed E-state index contributed by atoms with van der Waals surface area (Å²) in [5, 5.41) is 3.43. The van der Waals surface area contributed by atoms with Crippen molar-refractivity contribution in [2.45, 2.75) is 13.5 Å². The summed E-state index contributed by atoms with van der Waals surface area (Å²) in [5.74, 6) is -0.653. The number of para-hydroxylation sites is 3. The Kier molecular flexibility index (Phi) is 6.29. The first kappa shape index (κ1) is 19.4. The van der Waals surface area contributed by atoms with E-state index in [1.807, 2.05) is 25.1 Å². The Balaban J connectivity index is 1.70. The number of furan rings is 1. The van der Waals surface area contributed by atoms with Crippen molar-refractivity contribution >= 4 is 28.5 Å². The van der Waals surface area contributed by atoms with Crippen LogP contribution in [-0.4, -0.2) is 32.2 Å². The van der Waals surface area contributed by atoms with Crippen LogP contribution in [0.5, 0.6) is 5.75 Å². The highest BCUT2D eigenvalue weighted by Crippen LogP contribution is 2.27. The van der Waals surface area contributed by atoms with Crippen LogP contribution in [-0.2, 0) is 20.9 Å². The summed E-state index contributed by atoms with van der Waals surface area (Å²) in [6, 6.07) is 14.2. The summed E-state index contributed by atoms with van der Waals surface area (Å²) in [6.45, 7) is 2.12. The van der Waals surface area contributed by atoms with Crippen molar-refractivity contribution in [3.8, 4) is 5.75 Å². The molecule has 0 atom stereocenters. The van der Waals surface area contributed by atoms with Gasteiger partial charge < -0.3 is 23.9 Å². The molecule has 7 heteroatoms. The highest BCUT2D eigenvalue weighted by Gasteiger charge is 2.22. The van der Waals surface area contributed by atoms with Gasteiger partial charge in [0.05, 0.1) is 19.4 Å². The maximum Gasteiger partial charge on any atom is 0.375 e. The topological polar surface area (TPSA) is 87.0 Å². The fraction of sp³-hybridized carbons (Fsp3) is 0.238. The molecule has 0 saturated carbocycles. The van der Waals surface area contributed by atoms with E-state index in [4.69, 9.17) is 18.6 Å². The van der Waals surface area contributed by atoms with Crippen molar-refractivity contribution in [2.24, 2.45) is 0 Å². The first-order chi connectivity index (χ1) is 13.6. The molecule has 2 aromatic carbocycles. The Morgan fingerprint density at radius 3 is 2.61 bits per heavy atom. The second kappa shape index (κ2) is 9.05. The summed E-state index contributed by atoms with van der Waals surface area (Å²) < 4.78 is 21.4. The van der Waals surface area contributed by atoms with Crippen LogP contribution < -0.4 is 10.1 Å². The average molecular weight is 383 g/mol. The molecule has 1 aromatic heterocycles. The lowest BCUT2D eigenvalue weighted by Gasteiger charge is -2.10. The van der Waals surface area contributed by atoms with E-state index in [1.165, 1.54) is 7.11 Å². The average Bonchev–Trinajstić information content (AvgIpc) is 3.09. The third kappa shape index (κ3) is 4.32. The zero-order valence-corrected chi connectivity index (χ0v) is 15.7. The lowest BCUT2D eigenvalue weighted by molar-refractivity contribution is -0.119. The highest BCUT2D eigenvalue weighted by molar-refractivity contribution is 5.98. The minimum absolute atomic E-state index is 0.0414. The van der Waals surface area contributed by atoms with Crippen molar-refractivity contribution < 1.29 is 28.2 Å². The number of anilines is 1. The molecule has 3 rings (SSSR count). The molecule has 3 aromatic rings. The molecule has 0 aliphatic rings. The van der Waals surface area contributed by atoms with Crippen LogP contribution in [0.4, 0.5) is 5.69 Å². The van der Waals surface area contributed by atoms with Crippen LogP contribution in [0.3, 0.4) is 0 Å². The Morgan fingerprint density at radius 2 is 1.82 bits per heavy atom. The predicted molar refractivity (Wildman–Crippen MR) is 103 cm³/mol. The number of esters is 1. The van der Waals surface area contributed by atoms with Crippen molar-refractivity contribution in [3.63, 3.8) is 0 Å². The van der Waals surface area contributed by atoms with Gasteiger partial charge in [0.15, 0.2) is 6.61 Å². The number of amides is 1. The van der Waals surface area contributed by atoms with Gasteiger partial charge in [0.1, 0.15) is 11.3 Å². The number of hydrogen-bond acceptors (Lipinski definition) is 6. The summed E-state index contributed by atoms with van der Waals surface area (Å²) >= 11 is 0. The molecule has 0 aliphatic heterocycles. The van der Waals surface area contributed by atoms with Gasteiger partial charge in [-0.2, -0.15) is 0 Å². The van der Waals surface area contributed by atoms with Crippen LogP contribution in [0.2, 0.25) is 0 Å². The summed E-state index contributed by atoms with van der Waals surface area (Å²) in [7, 11) is 1.51. The van der Waals surface area contributed by atoms with E-state index in [2.05, 4.69) is 5.32 Å². The number of ether oxygens (including phenoxy) is 3. The van der Waals surface area contributed by atoms with Gasteiger partial charge in [-0.1, -0.05) is 30.3 Å². The Morgan fingerprint density at radius 1 is 1.07 bits per heavy atom. The van der Waals surface area contributed by atoms with Gasteiger partial charge >= 0.3 is 5.97 Å². The van der Waals surface area contributed by atoms with Crippen LogP contribution in [0.15, 0.2) is 52.9 Å². The molecule has 1 amide bonds. The third-order valence-electron chi connectivity index (χ3n) is 4.05. The van der Waals surface area contributed by atoms with Crippen LogP contribution in [0, 0.1) is 0 Å². The first-order valence-corrected chi connectivity index (χ1v) is 8.82. The lowest BCUT2D eigenvalue weighted by atomic mass is 10.1. The number of carbonyl (C=O) groups excluding carboxylic acids is 2. The molecular formula is C21H21NO6. The first-order valence-electron chi connectivity index (χ1n) is 8.82. The number of nitrogens with one attached hydrogen (secondary N) is 1. The van der Waals surface area contributed by atoms with E-state index in [-0.39, 0.29) is 12.4 Å². The molecule has 0 aliphatic carbocycles. The molecule has 146 valence electrons. The van der Waals surface area contributed by atoms with Crippen molar-refractivity contribution in [1.29, 1.82) is 0 Å². The fourth-order valence-electron chi connectivity index (χ4n) is 2.74. The van der Waals surface area contributed by atoms with E-state index in [9.17, 15) is 9.59 Å². The largest absolute Gasteiger partial charge is 0.495 e. The predicted octanol–water partition coefficient (Wildman–Crippen LogP) is 3.77. The van der Waals surface area contributed by atoms with E-state index in [1.54, 1.807) is 30.3 Å². The molecule has 0 saturated heterocycles. The van der Waals surface area contributed by atoms with E-state index < -0.39 is 18.5 Å². The second-order valence-corrected chi connectivity index (χ2v) is 5.87. The summed E-state index contributed by atoms with van der Waals surface area (Å²) in [4.78, 5) is 24.6. The van der Waals surface area contributed by atoms with Crippen molar-refractivity contribution in [2.75, 3.05) is 25.6 Å². The van der Waals surface area contributed by atoms with E-state index in [0.717, 1.165) is 5.39 Å². The maximum atomic E-state index is 12.5. The van der Waals surface area contributed by atoms with Crippen LogP contribution in [0.25, 0.3) is 11.0 Å². The van der Waals surface area contributed by atoms with Crippen molar-refractivity contribution in [1.82, 2.24) is 0 Å². The number of hydrogen-bond donors (Lipinski definition) is 1. The minimum atomic E-state index is -0.721. The van der Waals surface area contributed by atoms with Gasteiger partial charge in [-0.05, 0) is 25.1 Å². The van der Waals surface area contributed by atoms with Gasteiger partial charge in [0.25, 0.3) is 5.91 Å². The number of benzene rings is 2. The molecule has 0 radical (unpaired) electrons. The molecule has 0 unspecified atom stereocenters. The zero-order chi connectivity index (χ0) is 19.9. The number of fused-ring (bicyclic) bond motifs is 1. The molecule has 28 heavy (non-hydrogen) atoms. The molecule has 0 spiro atoms. The monoisotopic (exact) mass is 383 g/mol. The van der Waals surface area contributed by atoms with Crippen LogP contribution in [0.1, 0.15) is 23.0 Å². The molecule has 0 fully saturated rings. The second-order valence-electron chi connectivity index (χ2n) is 5.87. The summed E-state index contributed by atoms with van der Waals surface area (Å²) in [6.07, 6.45) is 0. The number of carbonyl (C=O) groups is 2. The molecular weight excluding hydrogens is 362 g/mol. The Bertz CT molecular complexity index is 978. The molecule has 7 nitrogen and oxygen atoms in total. The number of rotatable bonds is 8. The van der Waals surface area contributed by atoms with Gasteiger partial charge in [0, 0.05) is 17.6 Å². The molecule has 0 bridgehead atoms. The van der Waals surface area contributed by atoms with Gasteiger partial charge in [-0.25, -0.2) is 4.79 Å².